The number of amides is 1. The lowest BCUT2D eigenvalue weighted by atomic mass is 9.95. The van der Waals surface area contributed by atoms with Gasteiger partial charge in [-0.1, -0.05) is 53.8 Å². The van der Waals surface area contributed by atoms with Crippen molar-refractivity contribution in [3.05, 3.63) is 115 Å². The van der Waals surface area contributed by atoms with Crippen LogP contribution in [0.5, 0.6) is 17.2 Å². The first kappa shape index (κ1) is 27.9. The molecule has 9 heteroatoms. The van der Waals surface area contributed by atoms with E-state index in [9.17, 15) is 9.59 Å². The summed E-state index contributed by atoms with van der Waals surface area (Å²) in [5.41, 5.74) is 2.82. The summed E-state index contributed by atoms with van der Waals surface area (Å²) in [7, 11) is 1.58. The maximum absolute atomic E-state index is 14.1. The highest BCUT2D eigenvalue weighted by Crippen LogP contribution is 2.33. The van der Waals surface area contributed by atoms with Gasteiger partial charge in [-0.05, 0) is 62.7 Å². The van der Waals surface area contributed by atoms with E-state index in [1.807, 2.05) is 86.6 Å². The Labute approximate surface area is 241 Å². The van der Waals surface area contributed by atoms with Crippen LogP contribution in [0.25, 0.3) is 6.08 Å². The summed E-state index contributed by atoms with van der Waals surface area (Å²) in [6.45, 7) is 6.59. The van der Waals surface area contributed by atoms with Crippen molar-refractivity contribution in [3.8, 4) is 17.2 Å². The average Bonchev–Trinajstić information content (AvgIpc) is 3.28. The van der Waals surface area contributed by atoms with Crippen LogP contribution in [-0.4, -0.2) is 30.8 Å². The molecule has 1 aliphatic rings. The van der Waals surface area contributed by atoms with Crippen LogP contribution in [0.4, 0.5) is 5.69 Å². The number of hydrogen-bond donors (Lipinski definition) is 1. The SMILES string of the molecule is CCOc1ccc([C@H]2C(C(=O)Nc3ccccc3)=C(C)N=c3s/c(=C\c4cccc(OC)c4OCC)c(=O)n32)cc1. The molecular formula is C32H31N3O5S. The second-order valence-electron chi connectivity index (χ2n) is 9.22. The molecule has 3 aromatic carbocycles. The maximum Gasteiger partial charge on any atom is 0.271 e. The van der Waals surface area contributed by atoms with Gasteiger partial charge in [-0.2, -0.15) is 0 Å². The number of aromatic nitrogens is 1. The molecule has 0 radical (unpaired) electrons. The number of carbonyl (C=O) groups excluding carboxylic acids is 1. The van der Waals surface area contributed by atoms with Gasteiger partial charge >= 0.3 is 0 Å². The fourth-order valence-corrected chi connectivity index (χ4v) is 5.84. The smallest absolute Gasteiger partial charge is 0.271 e. The van der Waals surface area contributed by atoms with Crippen molar-refractivity contribution < 1.29 is 19.0 Å². The Morgan fingerprint density at radius 3 is 2.41 bits per heavy atom. The first-order valence-electron chi connectivity index (χ1n) is 13.4. The molecule has 0 aliphatic carbocycles. The molecule has 8 nitrogen and oxygen atoms in total. The van der Waals surface area contributed by atoms with Crippen molar-refractivity contribution in [3.63, 3.8) is 0 Å². The molecule has 0 saturated carbocycles. The van der Waals surface area contributed by atoms with Gasteiger partial charge in [-0.25, -0.2) is 4.99 Å². The molecule has 210 valence electrons. The summed E-state index contributed by atoms with van der Waals surface area (Å²) >= 11 is 1.27. The number of methoxy groups -OCH3 is 1. The summed E-state index contributed by atoms with van der Waals surface area (Å²) in [4.78, 5) is 33.0. The first-order chi connectivity index (χ1) is 19.9. The van der Waals surface area contributed by atoms with E-state index in [0.717, 1.165) is 5.56 Å². The van der Waals surface area contributed by atoms with Gasteiger partial charge in [0.05, 0.1) is 42.2 Å². The Kier molecular flexibility index (Phi) is 8.35. The van der Waals surface area contributed by atoms with E-state index in [0.29, 0.717) is 62.3 Å². The molecule has 1 N–H and O–H groups in total. The molecule has 0 bridgehead atoms. The van der Waals surface area contributed by atoms with Crippen molar-refractivity contribution >= 4 is 29.0 Å². The van der Waals surface area contributed by atoms with Gasteiger partial charge in [-0.3, -0.25) is 14.2 Å². The summed E-state index contributed by atoms with van der Waals surface area (Å²) in [5.74, 6) is 1.53. The number of fused-ring (bicyclic) bond motifs is 1. The Balaban J connectivity index is 1.67. The zero-order valence-corrected chi connectivity index (χ0v) is 24.2. The van der Waals surface area contributed by atoms with Crippen LogP contribution in [0, 0.1) is 0 Å². The van der Waals surface area contributed by atoms with Gasteiger partial charge < -0.3 is 19.5 Å². The van der Waals surface area contributed by atoms with E-state index in [2.05, 4.69) is 5.32 Å². The molecule has 1 atom stereocenters. The van der Waals surface area contributed by atoms with Crippen LogP contribution in [0.15, 0.2) is 93.9 Å². The molecule has 0 unspecified atom stereocenters. The highest BCUT2D eigenvalue weighted by atomic mass is 32.1. The second kappa shape index (κ2) is 12.3. The highest BCUT2D eigenvalue weighted by Gasteiger charge is 2.32. The van der Waals surface area contributed by atoms with Crippen molar-refractivity contribution in [1.82, 2.24) is 4.57 Å². The zero-order chi connectivity index (χ0) is 28.9. The fraction of sp³-hybridized carbons (Fsp3) is 0.219. The van der Waals surface area contributed by atoms with E-state index >= 15 is 0 Å². The minimum absolute atomic E-state index is 0.254. The largest absolute Gasteiger partial charge is 0.494 e. The van der Waals surface area contributed by atoms with E-state index in [4.69, 9.17) is 19.2 Å². The predicted octanol–water partition coefficient (Wildman–Crippen LogP) is 4.68. The van der Waals surface area contributed by atoms with E-state index < -0.39 is 6.04 Å². The van der Waals surface area contributed by atoms with Gasteiger partial charge in [0.2, 0.25) is 0 Å². The summed E-state index contributed by atoms with van der Waals surface area (Å²) in [5, 5.41) is 2.97. The summed E-state index contributed by atoms with van der Waals surface area (Å²) < 4.78 is 19.0. The number of carbonyl (C=O) groups is 1. The van der Waals surface area contributed by atoms with Crippen LogP contribution in [0.1, 0.15) is 37.9 Å². The van der Waals surface area contributed by atoms with Crippen LogP contribution in [0.2, 0.25) is 0 Å². The Bertz CT molecular complexity index is 1770. The lowest BCUT2D eigenvalue weighted by Crippen LogP contribution is -2.40. The molecule has 1 aliphatic heterocycles. The number of rotatable bonds is 9. The van der Waals surface area contributed by atoms with Crippen LogP contribution < -0.4 is 34.4 Å². The number of hydrogen-bond acceptors (Lipinski definition) is 7. The highest BCUT2D eigenvalue weighted by molar-refractivity contribution is 7.07. The molecular weight excluding hydrogens is 538 g/mol. The van der Waals surface area contributed by atoms with Crippen LogP contribution in [-0.2, 0) is 4.79 Å². The molecule has 5 rings (SSSR count). The second-order valence-corrected chi connectivity index (χ2v) is 10.2. The third-order valence-electron chi connectivity index (χ3n) is 6.61. The number of nitrogens with zero attached hydrogens (tertiary/aromatic N) is 2. The number of nitrogens with one attached hydrogen (secondary N) is 1. The number of para-hydroxylation sites is 2. The molecule has 0 saturated heterocycles. The number of ether oxygens (including phenoxy) is 3. The predicted molar refractivity (Wildman–Crippen MR) is 161 cm³/mol. The van der Waals surface area contributed by atoms with Gasteiger partial charge in [0.25, 0.3) is 11.5 Å². The van der Waals surface area contributed by atoms with Crippen LogP contribution in [0.3, 0.4) is 0 Å². The normalized spacial score (nSPS) is 14.7. The van der Waals surface area contributed by atoms with E-state index in [1.54, 1.807) is 24.7 Å². The lowest BCUT2D eigenvalue weighted by molar-refractivity contribution is -0.113. The van der Waals surface area contributed by atoms with E-state index in [-0.39, 0.29) is 11.5 Å². The molecule has 2 heterocycles. The van der Waals surface area contributed by atoms with Crippen molar-refractivity contribution in [1.29, 1.82) is 0 Å². The minimum atomic E-state index is -0.690. The van der Waals surface area contributed by atoms with Gasteiger partial charge in [-0.15, -0.1) is 0 Å². The molecule has 1 amide bonds. The molecule has 0 fully saturated rings. The number of allylic oxidation sites excluding steroid dienone is 1. The van der Waals surface area contributed by atoms with Crippen molar-refractivity contribution in [2.75, 3.05) is 25.6 Å². The van der Waals surface area contributed by atoms with Gasteiger partial charge in [0.1, 0.15) is 5.75 Å². The third kappa shape index (κ3) is 5.67. The molecule has 41 heavy (non-hydrogen) atoms. The molecule has 0 spiro atoms. The van der Waals surface area contributed by atoms with Crippen molar-refractivity contribution in [2.24, 2.45) is 4.99 Å². The quantitative estimate of drug-likeness (QED) is 0.316. The zero-order valence-electron chi connectivity index (χ0n) is 23.3. The first-order valence-corrected chi connectivity index (χ1v) is 14.2. The summed E-state index contributed by atoms with van der Waals surface area (Å²) in [6.07, 6.45) is 1.79. The van der Waals surface area contributed by atoms with Gasteiger partial charge in [0, 0.05) is 11.3 Å². The Morgan fingerprint density at radius 2 is 1.73 bits per heavy atom. The standard InChI is InChI=1S/C32H31N3O5S/c1-5-39-24-17-15-21(16-18-24)28-27(30(36)34-23-12-8-7-9-13-23)20(3)33-32-35(28)31(37)26(41-32)19-22-11-10-14-25(38-4)29(22)40-6-2/h7-19,28H,5-6H2,1-4H3,(H,34,36)/b26-19-/t28-/m0/s1. The summed E-state index contributed by atoms with van der Waals surface area (Å²) in [6, 6.07) is 21.5. The van der Waals surface area contributed by atoms with Crippen molar-refractivity contribution in [2.45, 2.75) is 26.8 Å². The maximum atomic E-state index is 14.1. The number of benzene rings is 3. The molecule has 1 aromatic heterocycles. The Hall–Kier alpha value is -4.63. The number of thiazole rings is 1. The minimum Gasteiger partial charge on any atom is -0.494 e. The third-order valence-corrected chi connectivity index (χ3v) is 7.59. The topological polar surface area (TPSA) is 91.2 Å². The fourth-order valence-electron chi connectivity index (χ4n) is 4.81. The average molecular weight is 570 g/mol. The van der Waals surface area contributed by atoms with Crippen LogP contribution >= 0.6 is 11.3 Å². The monoisotopic (exact) mass is 569 g/mol. The van der Waals surface area contributed by atoms with E-state index in [1.165, 1.54) is 11.3 Å². The number of anilines is 1. The Morgan fingerprint density at radius 1 is 1.00 bits per heavy atom. The lowest BCUT2D eigenvalue weighted by Gasteiger charge is -2.25. The molecule has 4 aromatic rings. The van der Waals surface area contributed by atoms with Gasteiger partial charge in [0.15, 0.2) is 16.3 Å².